The molecule has 9 heteroatoms. The predicted molar refractivity (Wildman–Crippen MR) is 93.7 cm³/mol. The fraction of sp³-hybridized carbons (Fsp3) is 0.812. The van der Waals surface area contributed by atoms with E-state index in [0.717, 1.165) is 12.8 Å². The highest BCUT2D eigenvalue weighted by atomic mass is 32.2. The molecule has 1 saturated heterocycles. The number of sulfone groups is 1. The Balaban J connectivity index is 1.76. The van der Waals surface area contributed by atoms with Gasteiger partial charge in [0.15, 0.2) is 15.7 Å². The van der Waals surface area contributed by atoms with Crippen LogP contribution >= 0.6 is 0 Å². The van der Waals surface area contributed by atoms with Gasteiger partial charge in [-0.2, -0.15) is 4.98 Å². The molecule has 0 aliphatic carbocycles. The van der Waals surface area contributed by atoms with Gasteiger partial charge in [0.25, 0.3) is 0 Å². The zero-order chi connectivity index (χ0) is 18.3. The number of carbonyl (C=O) groups excluding carboxylic acids is 1. The molecule has 1 fully saturated rings. The Labute approximate surface area is 149 Å². The lowest BCUT2D eigenvalue weighted by atomic mass is 10.3. The van der Waals surface area contributed by atoms with Crippen molar-refractivity contribution < 1.29 is 17.7 Å². The number of rotatable bonds is 9. The molecule has 0 bridgehead atoms. The van der Waals surface area contributed by atoms with Crippen LogP contribution in [-0.2, 0) is 27.6 Å². The van der Waals surface area contributed by atoms with Crippen molar-refractivity contribution in [2.45, 2.75) is 46.1 Å². The van der Waals surface area contributed by atoms with Gasteiger partial charge in [-0.25, -0.2) is 8.42 Å². The molecule has 1 aliphatic rings. The van der Waals surface area contributed by atoms with E-state index in [9.17, 15) is 13.2 Å². The summed E-state index contributed by atoms with van der Waals surface area (Å²) in [5, 5.41) is 3.93. The number of nitrogens with zero attached hydrogens (tertiary/aromatic N) is 4. The van der Waals surface area contributed by atoms with Gasteiger partial charge in [0.2, 0.25) is 11.8 Å². The van der Waals surface area contributed by atoms with Crippen molar-refractivity contribution in [3.05, 3.63) is 11.7 Å². The minimum absolute atomic E-state index is 0.101. The topological polar surface area (TPSA) is 96.6 Å². The van der Waals surface area contributed by atoms with Crippen LogP contribution in [0.1, 0.15) is 44.8 Å². The van der Waals surface area contributed by atoms with Crippen LogP contribution in [0.3, 0.4) is 0 Å². The molecule has 0 radical (unpaired) electrons. The first-order valence-electron chi connectivity index (χ1n) is 8.95. The minimum atomic E-state index is -3.30. The van der Waals surface area contributed by atoms with Gasteiger partial charge in [0.05, 0.1) is 12.3 Å². The molecule has 2 rings (SSSR count). The number of hydrogen-bond donors (Lipinski definition) is 0. The molecule has 1 aliphatic heterocycles. The second-order valence-electron chi connectivity index (χ2n) is 6.41. The SMILES string of the molecule is CCCCCS(=O)(=O)CC(=O)N1CCN(Cc2noc(CC)n2)CC1. The standard InChI is InChI=1S/C16H28N4O4S/c1-3-5-6-11-25(22,23)13-16(21)20-9-7-19(8-10-20)12-14-17-15(4-2)24-18-14/h3-13H2,1-2H3. The summed E-state index contributed by atoms with van der Waals surface area (Å²) < 4.78 is 29.1. The van der Waals surface area contributed by atoms with Gasteiger partial charge in [-0.15, -0.1) is 0 Å². The summed E-state index contributed by atoms with van der Waals surface area (Å²) in [4.78, 5) is 20.3. The molecule has 0 spiro atoms. The predicted octanol–water partition coefficient (Wildman–Crippen LogP) is 0.881. The number of unbranched alkanes of at least 4 members (excludes halogenated alkanes) is 2. The normalized spacial score (nSPS) is 16.3. The third kappa shape index (κ3) is 6.39. The quantitative estimate of drug-likeness (QED) is 0.594. The highest BCUT2D eigenvalue weighted by Gasteiger charge is 2.25. The summed E-state index contributed by atoms with van der Waals surface area (Å²) in [6, 6.07) is 0. The summed E-state index contributed by atoms with van der Waals surface area (Å²) in [5.41, 5.74) is 0. The Morgan fingerprint density at radius 1 is 1.16 bits per heavy atom. The summed E-state index contributed by atoms with van der Waals surface area (Å²) >= 11 is 0. The molecular weight excluding hydrogens is 344 g/mol. The second kappa shape index (κ2) is 9.28. The van der Waals surface area contributed by atoms with E-state index < -0.39 is 9.84 Å². The maximum atomic E-state index is 12.2. The van der Waals surface area contributed by atoms with Crippen LogP contribution in [0.5, 0.6) is 0 Å². The fourth-order valence-electron chi connectivity index (χ4n) is 2.78. The second-order valence-corrected chi connectivity index (χ2v) is 8.60. The van der Waals surface area contributed by atoms with Gasteiger partial charge in [-0.1, -0.05) is 31.8 Å². The summed E-state index contributed by atoms with van der Waals surface area (Å²) in [7, 11) is -3.30. The largest absolute Gasteiger partial charge is 0.339 e. The lowest BCUT2D eigenvalue weighted by Gasteiger charge is -2.34. The summed E-state index contributed by atoms with van der Waals surface area (Å²) in [6.07, 6.45) is 3.18. The number of amides is 1. The molecule has 1 aromatic rings. The third-order valence-electron chi connectivity index (χ3n) is 4.30. The van der Waals surface area contributed by atoms with Crippen molar-refractivity contribution in [3.63, 3.8) is 0 Å². The fourth-order valence-corrected chi connectivity index (χ4v) is 4.12. The molecule has 0 N–H and O–H groups in total. The van der Waals surface area contributed by atoms with E-state index in [1.165, 1.54) is 0 Å². The van der Waals surface area contributed by atoms with Crippen molar-refractivity contribution in [2.24, 2.45) is 0 Å². The monoisotopic (exact) mass is 372 g/mol. The first kappa shape index (κ1) is 19.8. The molecule has 1 amide bonds. The molecule has 0 saturated carbocycles. The van der Waals surface area contributed by atoms with Crippen molar-refractivity contribution in [1.29, 1.82) is 0 Å². The average molecular weight is 372 g/mol. The maximum absolute atomic E-state index is 12.2. The molecule has 8 nitrogen and oxygen atoms in total. The van der Waals surface area contributed by atoms with Gasteiger partial charge < -0.3 is 9.42 Å². The number of aromatic nitrogens is 2. The van der Waals surface area contributed by atoms with Gasteiger partial charge >= 0.3 is 0 Å². The summed E-state index contributed by atoms with van der Waals surface area (Å²) in [5.74, 6) is 0.710. The lowest BCUT2D eigenvalue weighted by molar-refractivity contribution is -0.130. The number of piperazine rings is 1. The molecule has 2 heterocycles. The van der Waals surface area contributed by atoms with Crippen molar-refractivity contribution >= 4 is 15.7 Å². The van der Waals surface area contributed by atoms with Gasteiger partial charge in [-0.05, 0) is 6.42 Å². The van der Waals surface area contributed by atoms with Gasteiger partial charge in [0.1, 0.15) is 5.75 Å². The Kier molecular flexibility index (Phi) is 7.37. The van der Waals surface area contributed by atoms with Gasteiger partial charge in [-0.3, -0.25) is 9.69 Å². The van der Waals surface area contributed by atoms with Crippen LogP contribution in [0.15, 0.2) is 4.52 Å². The highest BCUT2D eigenvalue weighted by molar-refractivity contribution is 7.92. The molecule has 0 unspecified atom stereocenters. The van der Waals surface area contributed by atoms with E-state index in [2.05, 4.69) is 15.0 Å². The van der Waals surface area contributed by atoms with E-state index in [1.807, 2.05) is 13.8 Å². The average Bonchev–Trinajstić information content (AvgIpc) is 3.03. The maximum Gasteiger partial charge on any atom is 0.237 e. The molecule has 0 aromatic carbocycles. The molecule has 0 atom stereocenters. The van der Waals surface area contributed by atoms with Crippen molar-refractivity contribution in [2.75, 3.05) is 37.7 Å². The Morgan fingerprint density at radius 2 is 1.88 bits per heavy atom. The van der Waals surface area contributed by atoms with E-state index >= 15 is 0 Å². The van der Waals surface area contributed by atoms with E-state index in [0.29, 0.717) is 57.3 Å². The molecule has 1 aromatic heterocycles. The number of aryl methyl sites for hydroxylation is 1. The smallest absolute Gasteiger partial charge is 0.237 e. The van der Waals surface area contributed by atoms with Crippen molar-refractivity contribution in [1.82, 2.24) is 19.9 Å². The van der Waals surface area contributed by atoms with E-state index in [-0.39, 0.29) is 17.4 Å². The first-order valence-corrected chi connectivity index (χ1v) is 10.8. The van der Waals surface area contributed by atoms with Crippen molar-refractivity contribution in [3.8, 4) is 0 Å². The summed E-state index contributed by atoms with van der Waals surface area (Å²) in [6.45, 7) is 6.98. The Bertz CT molecular complexity index is 651. The number of hydrogen-bond acceptors (Lipinski definition) is 7. The van der Waals surface area contributed by atoms with Crippen LogP contribution in [0.4, 0.5) is 0 Å². The van der Waals surface area contributed by atoms with Gasteiger partial charge in [0, 0.05) is 32.6 Å². The highest BCUT2D eigenvalue weighted by Crippen LogP contribution is 2.09. The van der Waals surface area contributed by atoms with E-state index in [4.69, 9.17) is 4.52 Å². The van der Waals surface area contributed by atoms with Crippen LogP contribution in [-0.4, -0.2) is 72.0 Å². The van der Waals surface area contributed by atoms with Crippen LogP contribution in [0.25, 0.3) is 0 Å². The third-order valence-corrected chi connectivity index (χ3v) is 5.90. The number of carbonyl (C=O) groups is 1. The van der Waals surface area contributed by atoms with Crippen LogP contribution in [0, 0.1) is 0 Å². The van der Waals surface area contributed by atoms with Crippen LogP contribution in [0.2, 0.25) is 0 Å². The van der Waals surface area contributed by atoms with E-state index in [1.54, 1.807) is 4.90 Å². The zero-order valence-corrected chi connectivity index (χ0v) is 15.9. The molecular formula is C16H28N4O4S. The zero-order valence-electron chi connectivity index (χ0n) is 15.1. The first-order chi connectivity index (χ1) is 11.9. The molecule has 142 valence electrons. The Hall–Kier alpha value is -1.48. The lowest BCUT2D eigenvalue weighted by Crippen LogP contribution is -2.49. The van der Waals surface area contributed by atoms with Crippen LogP contribution < -0.4 is 0 Å². The molecule has 25 heavy (non-hydrogen) atoms. The minimum Gasteiger partial charge on any atom is -0.339 e. The Morgan fingerprint density at radius 3 is 2.48 bits per heavy atom.